The number of aliphatic hydroxyl groups is 3. The molecule has 4 saturated heterocycles. The second-order valence-electron chi connectivity index (χ2n) is 18.5. The first-order valence-electron chi connectivity index (χ1n) is 20.7. The predicted molar refractivity (Wildman–Crippen MR) is 210 cm³/mol. The van der Waals surface area contributed by atoms with Crippen LogP contribution < -0.4 is 5.32 Å². The molecule has 324 valence electrons. The fourth-order valence-electron chi connectivity index (χ4n) is 9.17. The van der Waals surface area contributed by atoms with Crippen LogP contribution in [0.15, 0.2) is 4.99 Å². The molecule has 5 unspecified atom stereocenters. The summed E-state index contributed by atoms with van der Waals surface area (Å²) in [6.45, 7) is 21.1. The fourth-order valence-corrected chi connectivity index (χ4v) is 9.17. The molecule has 4 N–H and O–H groups in total. The van der Waals surface area contributed by atoms with Crippen molar-refractivity contribution in [2.45, 2.75) is 193 Å². The van der Waals surface area contributed by atoms with Crippen molar-refractivity contribution in [3.05, 3.63) is 0 Å². The predicted octanol–water partition coefficient (Wildman–Crippen LogP) is 3.06. The second-order valence-corrected chi connectivity index (χ2v) is 18.5. The molecule has 4 aliphatic rings. The molecular formula is C41H74N4O11. The van der Waals surface area contributed by atoms with Crippen molar-refractivity contribution in [1.29, 1.82) is 0 Å². The monoisotopic (exact) mass is 799 g/mol. The van der Waals surface area contributed by atoms with Gasteiger partial charge in [0.1, 0.15) is 6.10 Å². The van der Waals surface area contributed by atoms with E-state index in [1.165, 1.54) is 7.11 Å². The van der Waals surface area contributed by atoms with Crippen molar-refractivity contribution in [3.8, 4) is 0 Å². The number of hydrogen-bond donors (Lipinski definition) is 4. The highest BCUT2D eigenvalue weighted by atomic mass is 16.7. The number of aliphatic imine (C=N–C) groups is 1. The molecule has 0 saturated carbocycles. The van der Waals surface area contributed by atoms with E-state index in [9.17, 15) is 24.9 Å². The van der Waals surface area contributed by atoms with Crippen molar-refractivity contribution in [2.75, 3.05) is 27.7 Å². The van der Waals surface area contributed by atoms with Crippen LogP contribution in [-0.2, 0) is 38.0 Å². The maximum absolute atomic E-state index is 14.4. The third-order valence-corrected chi connectivity index (χ3v) is 12.3. The minimum absolute atomic E-state index is 0.000972. The van der Waals surface area contributed by atoms with Gasteiger partial charge in [-0.1, -0.05) is 34.6 Å². The zero-order chi connectivity index (χ0) is 42.0. The summed E-state index contributed by atoms with van der Waals surface area (Å²) in [6, 6.07) is -0.306. The van der Waals surface area contributed by atoms with E-state index < -0.39 is 84.2 Å². The van der Waals surface area contributed by atoms with E-state index in [2.05, 4.69) is 5.32 Å². The average Bonchev–Trinajstić information content (AvgIpc) is 3.39. The summed E-state index contributed by atoms with van der Waals surface area (Å²) in [7, 11) is 5.17. The van der Waals surface area contributed by atoms with Crippen molar-refractivity contribution in [2.24, 2.45) is 28.7 Å². The number of ether oxygens (including phenoxy) is 6. The number of carbonyl (C=O) groups excluding carboxylic acids is 2. The number of nitrogens with one attached hydrogen (secondary N) is 1. The maximum atomic E-state index is 14.4. The van der Waals surface area contributed by atoms with E-state index in [0.717, 1.165) is 0 Å². The first kappa shape index (κ1) is 46.6. The van der Waals surface area contributed by atoms with Crippen LogP contribution in [0.25, 0.3) is 0 Å². The summed E-state index contributed by atoms with van der Waals surface area (Å²) in [6.07, 6.45) is -5.87. The molecule has 0 radical (unpaired) electrons. The Kier molecular flexibility index (Phi) is 15.7. The zero-order valence-electron chi connectivity index (χ0n) is 36.4. The van der Waals surface area contributed by atoms with Crippen LogP contribution in [0, 0.1) is 23.7 Å². The summed E-state index contributed by atoms with van der Waals surface area (Å²) >= 11 is 0. The van der Waals surface area contributed by atoms with Gasteiger partial charge >= 0.3 is 0 Å². The number of carbonyl (C=O) groups is 2. The van der Waals surface area contributed by atoms with E-state index in [1.54, 1.807) is 39.6 Å². The maximum Gasteiger partial charge on any atom is 0.288 e. The van der Waals surface area contributed by atoms with Crippen LogP contribution in [0.2, 0.25) is 0 Å². The van der Waals surface area contributed by atoms with Crippen LogP contribution in [-0.4, -0.2) is 155 Å². The summed E-state index contributed by atoms with van der Waals surface area (Å²) in [4.78, 5) is 36.2. The Morgan fingerprint density at radius 1 is 1.00 bits per heavy atom. The normalized spacial score (nSPS) is 44.4. The van der Waals surface area contributed by atoms with Gasteiger partial charge in [-0.25, -0.2) is 4.99 Å². The lowest BCUT2D eigenvalue weighted by molar-refractivity contribution is -0.313. The number of nitrogens with zero attached hydrogens (tertiary/aromatic N) is 3. The lowest BCUT2D eigenvalue weighted by atomic mass is 9.77. The largest absolute Gasteiger partial charge is 0.454 e. The lowest BCUT2D eigenvalue weighted by Gasteiger charge is -2.48. The summed E-state index contributed by atoms with van der Waals surface area (Å²) in [5, 5.41) is 38.1. The smallest absolute Gasteiger partial charge is 0.288 e. The van der Waals surface area contributed by atoms with Gasteiger partial charge in [0.15, 0.2) is 18.7 Å². The Hall–Kier alpha value is -2.11. The second kappa shape index (κ2) is 18.9. The topological polar surface area (TPSA) is 181 Å². The quantitative estimate of drug-likeness (QED) is 0.283. The highest BCUT2D eigenvalue weighted by Gasteiger charge is 2.54. The van der Waals surface area contributed by atoms with Gasteiger partial charge in [0.25, 0.3) is 6.02 Å². The van der Waals surface area contributed by atoms with Crippen molar-refractivity contribution >= 4 is 17.8 Å². The molecule has 4 aliphatic heterocycles. The van der Waals surface area contributed by atoms with Crippen LogP contribution in [0.4, 0.5) is 0 Å². The molecule has 0 aliphatic carbocycles. The molecule has 16 atom stereocenters. The Morgan fingerprint density at radius 2 is 1.66 bits per heavy atom. The van der Waals surface area contributed by atoms with Crippen LogP contribution >= 0.6 is 0 Å². The van der Waals surface area contributed by atoms with Gasteiger partial charge in [-0.15, -0.1) is 0 Å². The molecule has 0 aromatic rings. The Labute approximate surface area is 335 Å². The summed E-state index contributed by atoms with van der Waals surface area (Å²) in [5.74, 6) is -2.30. The van der Waals surface area contributed by atoms with Gasteiger partial charge in [0, 0.05) is 46.1 Å². The molecule has 15 heteroatoms. The van der Waals surface area contributed by atoms with Crippen LogP contribution in [0.1, 0.15) is 108 Å². The molecule has 0 aromatic heterocycles. The molecule has 0 bridgehead atoms. The number of rotatable bonds is 8. The minimum Gasteiger partial charge on any atom is -0.454 e. The molecule has 4 rings (SSSR count). The third kappa shape index (κ3) is 10.9. The first-order chi connectivity index (χ1) is 26.0. The van der Waals surface area contributed by atoms with E-state index in [0.29, 0.717) is 25.4 Å². The molecule has 4 heterocycles. The van der Waals surface area contributed by atoms with E-state index >= 15 is 0 Å². The van der Waals surface area contributed by atoms with Gasteiger partial charge in [-0.2, -0.15) is 0 Å². The highest BCUT2D eigenvalue weighted by Crippen LogP contribution is 2.41. The average molecular weight is 799 g/mol. The van der Waals surface area contributed by atoms with Gasteiger partial charge in [0.2, 0.25) is 11.8 Å². The first-order valence-corrected chi connectivity index (χ1v) is 20.7. The number of amidine groups is 1. The van der Waals surface area contributed by atoms with E-state index in [4.69, 9.17) is 33.4 Å². The summed E-state index contributed by atoms with van der Waals surface area (Å²) in [5.41, 5.74) is -2.54. The van der Waals surface area contributed by atoms with Gasteiger partial charge in [0.05, 0.1) is 66.1 Å². The molecule has 0 aromatic carbocycles. The van der Waals surface area contributed by atoms with Crippen LogP contribution in [0.3, 0.4) is 0 Å². The lowest BCUT2D eigenvalue weighted by Crippen LogP contribution is -2.60. The highest BCUT2D eigenvalue weighted by molar-refractivity contribution is 5.80. The Bertz CT molecular complexity index is 1350. The van der Waals surface area contributed by atoms with E-state index in [1.807, 2.05) is 60.4 Å². The van der Waals surface area contributed by atoms with Crippen molar-refractivity contribution < 1.29 is 53.3 Å². The third-order valence-electron chi connectivity index (χ3n) is 12.3. The molecule has 56 heavy (non-hydrogen) atoms. The zero-order valence-corrected chi connectivity index (χ0v) is 36.4. The van der Waals surface area contributed by atoms with Gasteiger partial charge in [-0.3, -0.25) is 9.59 Å². The summed E-state index contributed by atoms with van der Waals surface area (Å²) < 4.78 is 38.8. The fraction of sp³-hybridized carbons (Fsp3) is 0.927. The Balaban J connectivity index is 1.82. The Morgan fingerprint density at radius 3 is 2.27 bits per heavy atom. The number of amides is 2. The van der Waals surface area contributed by atoms with Crippen molar-refractivity contribution in [1.82, 2.24) is 15.1 Å². The van der Waals surface area contributed by atoms with Gasteiger partial charge < -0.3 is 58.9 Å². The standard InChI is InChI=1S/C41H74N4O11/c1-21(2)15-28-30(46)17-31(47)44(12)20-23(5)18-40(10,50)36(56-38-34-29(16-24(6)52-38)45(13)39(55-34)42-22(3)4)25(7)33(26(8)37(49)43-28)54-32-19-41(11,51-14)35(48)27(9)53-32/h21-30,32-36,38,46,48,50H,15-20H2,1-14H3,(H,43,49)/t23-,24-,25+,26?,27?,28?,29+,30+,32+,33?,34-,35+,36-,38?,40-,41-/m1/s1. The molecular weight excluding hydrogens is 724 g/mol. The number of fused-ring (bicyclic) bond motifs is 1. The van der Waals surface area contributed by atoms with Gasteiger partial charge in [-0.05, 0) is 72.6 Å². The molecule has 4 fully saturated rings. The molecule has 0 spiro atoms. The van der Waals surface area contributed by atoms with E-state index in [-0.39, 0.29) is 55.2 Å². The number of methoxy groups -OCH3 is 1. The SMILES string of the molecule is CO[C@]1(C)C[C@H](OC2C(C)C(=O)NC(CC(C)C)[C@@H](O)CC(=O)N(C)C[C@H](C)C[C@@](C)(O)[C@H](OC3O[C@H](C)C[C@H]4[C@H]3OC(=NC(C)C)N4C)[C@H]2C)OC(C)[C@@H]1O. The molecule has 2 amide bonds. The minimum atomic E-state index is -1.54. The number of likely N-dealkylation sites (N-methyl/N-ethyl adjacent to an activating group) is 1. The van der Waals surface area contributed by atoms with Crippen molar-refractivity contribution in [3.63, 3.8) is 0 Å². The number of hydrogen-bond acceptors (Lipinski definition) is 12. The number of aliphatic hydroxyl groups excluding tert-OH is 2. The molecule has 15 nitrogen and oxygen atoms in total. The van der Waals surface area contributed by atoms with Crippen LogP contribution in [0.5, 0.6) is 0 Å².